The number of carboxylic acid groups (broad SMARTS) is 1. The molecule has 0 saturated carbocycles. The van der Waals surface area contributed by atoms with E-state index < -0.39 is 96.9 Å². The molecule has 0 saturated heterocycles. The third kappa shape index (κ3) is 14.8. The average molecular weight is 758 g/mol. The maximum absolute atomic E-state index is 13.9. The first-order chi connectivity index (χ1) is 25.4. The Balaban J connectivity index is 2.36. The molecule has 54 heavy (non-hydrogen) atoms. The van der Waals surface area contributed by atoms with Crippen LogP contribution in [0.15, 0.2) is 54.6 Å². The summed E-state index contributed by atoms with van der Waals surface area (Å²) in [5.74, 6) is -6.72. The van der Waals surface area contributed by atoms with Crippen LogP contribution in [0.4, 0.5) is 0 Å². The molecule has 0 bridgehead atoms. The molecule has 2 aromatic carbocycles. The minimum Gasteiger partial charge on any atom is -0.508 e. The second-order valence-corrected chi connectivity index (χ2v) is 13.2. The fourth-order valence-corrected chi connectivity index (χ4v) is 5.01. The molecule has 12 N–H and O–H groups in total. The molecule has 0 heterocycles. The van der Waals surface area contributed by atoms with Crippen LogP contribution in [-0.4, -0.2) is 117 Å². The highest BCUT2D eigenvalue weighted by molar-refractivity contribution is 5.97. The largest absolute Gasteiger partial charge is 0.508 e. The summed E-state index contributed by atoms with van der Waals surface area (Å²) in [6, 6.07) is 4.97. The van der Waals surface area contributed by atoms with Crippen LogP contribution in [0.5, 0.6) is 5.75 Å². The number of phenolic OH excluding ortho intramolecular Hbond substituents is 1. The van der Waals surface area contributed by atoms with Gasteiger partial charge < -0.3 is 58.1 Å². The van der Waals surface area contributed by atoms with Crippen LogP contribution in [0.2, 0.25) is 0 Å². The molecule has 18 nitrogen and oxygen atoms in total. The zero-order chi connectivity index (χ0) is 40.5. The number of benzene rings is 2. The highest BCUT2D eigenvalue weighted by Gasteiger charge is 2.33. The van der Waals surface area contributed by atoms with E-state index in [0.29, 0.717) is 11.1 Å². The van der Waals surface area contributed by atoms with Crippen molar-refractivity contribution in [3.8, 4) is 5.75 Å². The van der Waals surface area contributed by atoms with Gasteiger partial charge in [-0.05, 0) is 49.4 Å². The van der Waals surface area contributed by atoms with Gasteiger partial charge in [0.2, 0.25) is 35.4 Å². The molecule has 6 amide bonds. The number of hydrogen-bond acceptors (Lipinski definition) is 11. The normalized spacial score (nSPS) is 14.9. The van der Waals surface area contributed by atoms with Crippen molar-refractivity contribution in [1.29, 1.82) is 0 Å². The van der Waals surface area contributed by atoms with E-state index in [9.17, 15) is 54.0 Å². The van der Waals surface area contributed by atoms with Gasteiger partial charge in [0.05, 0.1) is 19.3 Å². The standard InChI is InChI=1S/C36H51N7O11/c1-19(2)14-25(32(49)40-26(15-22-8-6-5-7-9-22)34(51)43-29(18-45)36(53)54)39-33(50)27(16-23-10-12-24(46)13-11-23)41-35(52)28(17-44)42-31(48)21(4)38-30(47)20(3)37/h5-13,19-21,25-29,44-46H,14-18,37H2,1-4H3,(H,38,47)(H,39,50)(H,40,49)(H,41,52)(H,42,48)(H,43,51)(H,53,54)/t20-,21-,25-,26-,27-,28-,29-/m0/s1. The number of nitrogens with two attached hydrogens (primary N) is 1. The summed E-state index contributed by atoms with van der Waals surface area (Å²) in [5, 5.41) is 53.1. The number of aliphatic carboxylic acids is 1. The maximum atomic E-state index is 13.9. The highest BCUT2D eigenvalue weighted by Crippen LogP contribution is 2.13. The minimum atomic E-state index is -1.65. The third-order valence-electron chi connectivity index (χ3n) is 8.04. The van der Waals surface area contributed by atoms with Crippen molar-refractivity contribution in [1.82, 2.24) is 31.9 Å². The number of aliphatic hydroxyl groups is 2. The minimum absolute atomic E-state index is 0.0614. The van der Waals surface area contributed by atoms with Crippen molar-refractivity contribution in [2.45, 2.75) is 89.3 Å². The van der Waals surface area contributed by atoms with Gasteiger partial charge in [0, 0.05) is 12.8 Å². The summed E-state index contributed by atoms with van der Waals surface area (Å²) in [7, 11) is 0. The van der Waals surface area contributed by atoms with Crippen molar-refractivity contribution in [2.24, 2.45) is 11.7 Å². The van der Waals surface area contributed by atoms with Gasteiger partial charge in [-0.15, -0.1) is 0 Å². The Morgan fingerprint density at radius 1 is 0.556 bits per heavy atom. The lowest BCUT2D eigenvalue weighted by Crippen LogP contribution is -2.60. The van der Waals surface area contributed by atoms with Crippen molar-refractivity contribution in [3.05, 3.63) is 65.7 Å². The molecule has 0 spiro atoms. The van der Waals surface area contributed by atoms with E-state index >= 15 is 0 Å². The van der Waals surface area contributed by atoms with Crippen LogP contribution in [0.1, 0.15) is 45.2 Å². The Kier molecular flexibility index (Phi) is 18.0. The van der Waals surface area contributed by atoms with E-state index in [1.165, 1.54) is 38.1 Å². The van der Waals surface area contributed by atoms with Crippen LogP contribution in [0, 0.1) is 5.92 Å². The van der Waals surface area contributed by atoms with Crippen molar-refractivity contribution in [2.75, 3.05) is 13.2 Å². The molecule has 0 aromatic heterocycles. The molecule has 2 aromatic rings. The molecule has 0 aliphatic carbocycles. The summed E-state index contributed by atoms with van der Waals surface area (Å²) < 4.78 is 0. The fraction of sp³-hybridized carbons (Fsp3) is 0.472. The molecule has 0 fully saturated rings. The van der Waals surface area contributed by atoms with Crippen LogP contribution < -0.4 is 37.6 Å². The molecule has 0 radical (unpaired) electrons. The van der Waals surface area contributed by atoms with E-state index in [1.54, 1.807) is 44.2 Å². The van der Waals surface area contributed by atoms with E-state index in [4.69, 9.17) is 5.73 Å². The van der Waals surface area contributed by atoms with Gasteiger partial charge in [-0.1, -0.05) is 56.3 Å². The first-order valence-corrected chi connectivity index (χ1v) is 17.3. The number of carbonyl (C=O) groups excluding carboxylic acids is 6. The lowest BCUT2D eigenvalue weighted by Gasteiger charge is -2.27. The first kappa shape index (κ1) is 44.6. The summed E-state index contributed by atoms with van der Waals surface area (Å²) in [5.41, 5.74) is 6.62. The van der Waals surface area contributed by atoms with Gasteiger partial charge in [0.15, 0.2) is 0 Å². The molecule has 2 rings (SSSR count). The number of amides is 6. The highest BCUT2D eigenvalue weighted by atomic mass is 16.4. The number of aliphatic hydroxyl groups excluding tert-OH is 2. The number of phenols is 1. The summed E-state index contributed by atoms with van der Waals surface area (Å²) in [4.78, 5) is 90.5. The lowest BCUT2D eigenvalue weighted by atomic mass is 9.99. The van der Waals surface area contributed by atoms with Gasteiger partial charge in [-0.2, -0.15) is 0 Å². The zero-order valence-corrected chi connectivity index (χ0v) is 30.6. The van der Waals surface area contributed by atoms with Gasteiger partial charge in [0.1, 0.15) is 42.0 Å². The number of nitrogens with one attached hydrogen (secondary N) is 6. The third-order valence-corrected chi connectivity index (χ3v) is 8.04. The van der Waals surface area contributed by atoms with E-state index in [-0.39, 0.29) is 30.9 Å². The average Bonchev–Trinajstić information content (AvgIpc) is 3.12. The van der Waals surface area contributed by atoms with Crippen LogP contribution in [0.25, 0.3) is 0 Å². The molecular weight excluding hydrogens is 706 g/mol. The fourth-order valence-electron chi connectivity index (χ4n) is 5.01. The SMILES string of the molecule is CC(C)C[C@H](NC(=O)[C@H](Cc1ccc(O)cc1)NC(=O)[C@H](CO)NC(=O)[C@H](C)NC(=O)[C@H](C)N)C(=O)N[C@@H](Cc1ccccc1)C(=O)N[C@@H](CO)C(=O)O. The van der Waals surface area contributed by atoms with Crippen molar-refractivity contribution < 1.29 is 54.0 Å². The van der Waals surface area contributed by atoms with Crippen molar-refractivity contribution >= 4 is 41.4 Å². The van der Waals surface area contributed by atoms with E-state index in [2.05, 4.69) is 31.9 Å². The van der Waals surface area contributed by atoms with Gasteiger partial charge in [-0.3, -0.25) is 28.8 Å². The molecular formula is C36H51N7O11. The van der Waals surface area contributed by atoms with Crippen LogP contribution >= 0.6 is 0 Å². The van der Waals surface area contributed by atoms with E-state index in [1.807, 2.05) is 0 Å². The number of carboxylic acids is 1. The summed E-state index contributed by atoms with van der Waals surface area (Å²) >= 11 is 0. The Hall–Kier alpha value is -5.59. The molecule has 0 aliphatic heterocycles. The first-order valence-electron chi connectivity index (χ1n) is 17.3. The maximum Gasteiger partial charge on any atom is 0.328 e. The Labute approximate surface area is 312 Å². The second-order valence-electron chi connectivity index (χ2n) is 13.2. The topological polar surface area (TPSA) is 299 Å². The van der Waals surface area contributed by atoms with Gasteiger partial charge in [-0.25, -0.2) is 4.79 Å². The molecule has 296 valence electrons. The predicted octanol–water partition coefficient (Wildman–Crippen LogP) is -2.43. The molecule has 0 aliphatic rings. The van der Waals surface area contributed by atoms with Gasteiger partial charge >= 0.3 is 5.97 Å². The number of hydrogen-bond donors (Lipinski definition) is 11. The Morgan fingerprint density at radius 2 is 0.981 bits per heavy atom. The summed E-state index contributed by atoms with van der Waals surface area (Å²) in [6.45, 7) is 4.52. The smallest absolute Gasteiger partial charge is 0.328 e. The van der Waals surface area contributed by atoms with E-state index in [0.717, 1.165) is 0 Å². The summed E-state index contributed by atoms with van der Waals surface area (Å²) in [6.07, 6.45) is -0.177. The molecule has 18 heteroatoms. The Morgan fingerprint density at radius 3 is 1.44 bits per heavy atom. The van der Waals surface area contributed by atoms with Gasteiger partial charge in [0.25, 0.3) is 0 Å². The quantitative estimate of drug-likeness (QED) is 0.0634. The molecule has 0 unspecified atom stereocenters. The van der Waals surface area contributed by atoms with Crippen molar-refractivity contribution in [3.63, 3.8) is 0 Å². The number of carbonyl (C=O) groups is 7. The number of rotatable bonds is 21. The number of aromatic hydroxyl groups is 1. The zero-order valence-electron chi connectivity index (χ0n) is 30.6. The Bertz CT molecular complexity index is 1590. The van der Waals surface area contributed by atoms with Crippen LogP contribution in [-0.2, 0) is 46.4 Å². The molecule has 7 atom stereocenters. The monoisotopic (exact) mass is 757 g/mol. The predicted molar refractivity (Wildman–Crippen MR) is 194 cm³/mol. The lowest BCUT2D eigenvalue weighted by molar-refractivity contribution is -0.143. The van der Waals surface area contributed by atoms with Crippen LogP contribution in [0.3, 0.4) is 0 Å². The second kappa shape index (κ2) is 21.8.